The molecular weight excluding hydrogens is 424 g/mol. The van der Waals surface area contributed by atoms with Gasteiger partial charge in [-0.3, -0.25) is 9.59 Å². The van der Waals surface area contributed by atoms with E-state index in [0.29, 0.717) is 10.4 Å². The lowest BCUT2D eigenvalue weighted by molar-refractivity contribution is -0.0584. The number of carbonyl (C=O) groups excluding carboxylic acids is 4. The third-order valence-corrected chi connectivity index (χ3v) is 4.96. The molecule has 3 aromatic carbocycles. The average Bonchev–Trinajstić information content (AvgIpc) is 3.01. The van der Waals surface area contributed by atoms with Crippen molar-refractivity contribution in [2.45, 2.75) is 32.9 Å². The van der Waals surface area contributed by atoms with Gasteiger partial charge in [-0.25, -0.2) is 9.59 Å². The average molecular weight is 446 g/mol. The number of fused-ring (bicyclic) bond motifs is 2. The van der Waals surface area contributed by atoms with Gasteiger partial charge in [0, 0.05) is 6.54 Å². The minimum absolute atomic E-state index is 0.156. The second-order valence-electron chi connectivity index (χ2n) is 8.54. The molecule has 0 aliphatic carbocycles. The molecule has 1 aliphatic heterocycles. The highest BCUT2D eigenvalue weighted by atomic mass is 16.7. The first-order chi connectivity index (χ1) is 15.6. The Kier molecular flexibility index (Phi) is 5.59. The van der Waals surface area contributed by atoms with E-state index in [1.807, 2.05) is 18.2 Å². The molecule has 0 spiro atoms. The van der Waals surface area contributed by atoms with E-state index < -0.39 is 29.5 Å². The summed E-state index contributed by atoms with van der Waals surface area (Å²) >= 11 is 0. The van der Waals surface area contributed by atoms with Crippen LogP contribution in [0.25, 0.3) is 10.8 Å². The zero-order valence-corrected chi connectivity index (χ0v) is 18.4. The zero-order chi connectivity index (χ0) is 23.8. The zero-order valence-electron chi connectivity index (χ0n) is 18.4. The predicted octanol–water partition coefficient (Wildman–Crippen LogP) is 4.23. The minimum atomic E-state index is -0.846. The minimum Gasteiger partial charge on any atom is -0.444 e. The third kappa shape index (κ3) is 4.55. The first kappa shape index (κ1) is 22.0. The van der Waals surface area contributed by atoms with Gasteiger partial charge in [-0.15, -0.1) is 0 Å². The van der Waals surface area contributed by atoms with Crippen molar-refractivity contribution in [1.82, 2.24) is 10.4 Å². The number of nitrogens with one attached hydrogen (secondary N) is 1. The number of hydrogen-bond donors (Lipinski definition) is 1. The molecular formula is C25H22N2O6. The number of nitrogens with zero attached hydrogens (tertiary/aromatic N) is 1. The van der Waals surface area contributed by atoms with Crippen LogP contribution in [-0.4, -0.2) is 34.5 Å². The van der Waals surface area contributed by atoms with Crippen LogP contribution in [0.5, 0.6) is 0 Å². The number of rotatable bonds is 4. The van der Waals surface area contributed by atoms with Gasteiger partial charge in [0.2, 0.25) is 0 Å². The van der Waals surface area contributed by atoms with Crippen molar-refractivity contribution in [1.29, 1.82) is 0 Å². The van der Waals surface area contributed by atoms with Crippen LogP contribution >= 0.6 is 0 Å². The van der Waals surface area contributed by atoms with Crippen molar-refractivity contribution in [2.75, 3.05) is 0 Å². The molecule has 8 nitrogen and oxygen atoms in total. The van der Waals surface area contributed by atoms with Crippen molar-refractivity contribution in [3.63, 3.8) is 0 Å². The second-order valence-corrected chi connectivity index (χ2v) is 8.54. The van der Waals surface area contributed by atoms with E-state index in [4.69, 9.17) is 9.57 Å². The number of hydroxylamine groups is 2. The highest BCUT2D eigenvalue weighted by molar-refractivity contribution is 6.21. The Balaban J connectivity index is 1.54. The number of ether oxygens (including phenoxy) is 1. The van der Waals surface area contributed by atoms with Gasteiger partial charge < -0.3 is 14.9 Å². The second kappa shape index (κ2) is 8.38. The van der Waals surface area contributed by atoms with E-state index in [1.54, 1.807) is 51.1 Å². The Morgan fingerprint density at radius 3 is 2.21 bits per heavy atom. The number of hydrogen-bond acceptors (Lipinski definition) is 6. The van der Waals surface area contributed by atoms with Crippen molar-refractivity contribution in [3.8, 4) is 0 Å². The molecule has 1 N–H and O–H groups in total. The number of carbonyl (C=O) groups is 4. The fraction of sp³-hybridized carbons (Fsp3) is 0.200. The lowest BCUT2D eigenvalue weighted by atomic mass is 10.0. The SMILES string of the molecule is CC(C)(C)OC(=O)NCc1cccc2ccc(C(=O)ON3C(=O)c4ccccc4C3=O)cc12. The Bertz CT molecular complexity index is 1260. The van der Waals surface area contributed by atoms with Crippen LogP contribution in [0.2, 0.25) is 0 Å². The van der Waals surface area contributed by atoms with E-state index in [1.165, 1.54) is 12.1 Å². The molecule has 0 atom stereocenters. The monoisotopic (exact) mass is 446 g/mol. The number of alkyl carbamates (subject to hydrolysis) is 1. The summed E-state index contributed by atoms with van der Waals surface area (Å²) in [5, 5.41) is 4.74. The van der Waals surface area contributed by atoms with Crippen molar-refractivity contribution < 1.29 is 28.8 Å². The largest absolute Gasteiger partial charge is 0.444 e. The highest BCUT2D eigenvalue weighted by Crippen LogP contribution is 2.25. The smallest absolute Gasteiger partial charge is 0.407 e. The summed E-state index contributed by atoms with van der Waals surface area (Å²) in [5.74, 6) is -2.22. The fourth-order valence-electron chi connectivity index (χ4n) is 3.49. The van der Waals surface area contributed by atoms with Crippen LogP contribution in [0.1, 0.15) is 57.4 Å². The molecule has 3 aromatic rings. The maximum atomic E-state index is 12.8. The predicted molar refractivity (Wildman–Crippen MR) is 119 cm³/mol. The molecule has 0 unspecified atom stereocenters. The normalized spacial score (nSPS) is 13.1. The highest BCUT2D eigenvalue weighted by Gasteiger charge is 2.38. The number of amides is 3. The summed E-state index contributed by atoms with van der Waals surface area (Å²) in [6.07, 6.45) is -0.555. The van der Waals surface area contributed by atoms with Crippen LogP contribution in [0, 0.1) is 0 Å². The molecule has 0 saturated heterocycles. The first-order valence-electron chi connectivity index (χ1n) is 10.3. The third-order valence-electron chi connectivity index (χ3n) is 4.96. The summed E-state index contributed by atoms with van der Waals surface area (Å²) in [4.78, 5) is 54.9. The van der Waals surface area contributed by atoms with Crippen molar-refractivity contribution in [2.24, 2.45) is 0 Å². The van der Waals surface area contributed by atoms with E-state index >= 15 is 0 Å². The molecule has 1 aliphatic rings. The molecule has 0 fully saturated rings. The Labute approximate surface area is 190 Å². The molecule has 0 radical (unpaired) electrons. The molecule has 33 heavy (non-hydrogen) atoms. The van der Waals surface area contributed by atoms with E-state index in [2.05, 4.69) is 5.32 Å². The summed E-state index contributed by atoms with van der Waals surface area (Å²) in [7, 11) is 0. The first-order valence-corrected chi connectivity index (χ1v) is 10.3. The molecule has 168 valence electrons. The molecule has 0 saturated carbocycles. The van der Waals surface area contributed by atoms with Crippen molar-refractivity contribution >= 4 is 34.6 Å². The number of imide groups is 1. The van der Waals surface area contributed by atoms with Crippen molar-refractivity contribution in [3.05, 3.63) is 82.9 Å². The standard InChI is InChI=1S/C25H22N2O6/c1-25(2,3)32-24(31)26-14-17-8-6-7-15-11-12-16(13-20(15)17)23(30)33-27-21(28)18-9-4-5-10-19(18)22(27)29/h4-13H,14H2,1-3H3,(H,26,31). The van der Waals surface area contributed by atoms with Gasteiger partial charge in [-0.1, -0.05) is 41.5 Å². The van der Waals surface area contributed by atoms with Gasteiger partial charge in [0.1, 0.15) is 5.60 Å². The number of benzene rings is 3. The van der Waals surface area contributed by atoms with E-state index in [9.17, 15) is 19.2 Å². The summed E-state index contributed by atoms with van der Waals surface area (Å²) in [6, 6.07) is 16.7. The Morgan fingerprint density at radius 1 is 0.909 bits per heavy atom. The topological polar surface area (TPSA) is 102 Å². The lowest BCUT2D eigenvalue weighted by Gasteiger charge is -2.20. The summed E-state index contributed by atoms with van der Waals surface area (Å²) < 4.78 is 5.26. The Morgan fingerprint density at radius 2 is 1.58 bits per heavy atom. The van der Waals surface area contributed by atoms with Gasteiger partial charge in [0.15, 0.2) is 0 Å². The van der Waals surface area contributed by atoms with Crippen LogP contribution in [-0.2, 0) is 16.1 Å². The maximum Gasteiger partial charge on any atom is 0.407 e. The van der Waals surface area contributed by atoms with Crippen LogP contribution in [0.15, 0.2) is 60.7 Å². The lowest BCUT2D eigenvalue weighted by Crippen LogP contribution is -2.32. The van der Waals surface area contributed by atoms with Crippen LogP contribution < -0.4 is 5.32 Å². The van der Waals surface area contributed by atoms with Gasteiger partial charge >= 0.3 is 12.1 Å². The fourth-order valence-corrected chi connectivity index (χ4v) is 3.49. The molecule has 4 rings (SSSR count). The molecule has 8 heteroatoms. The summed E-state index contributed by atoms with van der Waals surface area (Å²) in [5.41, 5.74) is 0.662. The van der Waals surface area contributed by atoms with Crippen LogP contribution in [0.3, 0.4) is 0 Å². The van der Waals surface area contributed by atoms with Gasteiger partial charge in [-0.2, -0.15) is 0 Å². The molecule has 0 bridgehead atoms. The molecule has 1 heterocycles. The van der Waals surface area contributed by atoms with Gasteiger partial charge in [0.05, 0.1) is 16.7 Å². The van der Waals surface area contributed by atoms with E-state index in [0.717, 1.165) is 10.9 Å². The maximum absolute atomic E-state index is 12.8. The Hall–Kier alpha value is -4.20. The van der Waals surface area contributed by atoms with Gasteiger partial charge in [0.25, 0.3) is 11.8 Å². The van der Waals surface area contributed by atoms with E-state index in [-0.39, 0.29) is 23.2 Å². The molecule has 0 aromatic heterocycles. The van der Waals surface area contributed by atoms with Gasteiger partial charge in [-0.05, 0) is 61.4 Å². The summed E-state index contributed by atoms with van der Waals surface area (Å²) in [6.45, 7) is 5.51. The quantitative estimate of drug-likeness (QED) is 0.602. The van der Waals surface area contributed by atoms with Crippen LogP contribution in [0.4, 0.5) is 4.79 Å². The molecule has 3 amide bonds.